The summed E-state index contributed by atoms with van der Waals surface area (Å²) in [6.07, 6.45) is 0.891. The smallest absolute Gasteiger partial charge is 0.241 e. The fraction of sp³-hybridized carbons (Fsp3) is 0.480. The van der Waals surface area contributed by atoms with E-state index in [-0.39, 0.29) is 11.9 Å². The Morgan fingerprint density at radius 2 is 1.57 bits per heavy atom. The fourth-order valence-corrected chi connectivity index (χ4v) is 4.22. The van der Waals surface area contributed by atoms with Crippen molar-refractivity contribution < 1.29 is 14.3 Å². The standard InChI is InChI=1S/C25H34N2O3/c1-7-29-22-13-20-9-10-27(15-21(20)14-23(22)30-8-2)19(6)25(28)26-24-17(4)11-16(3)12-18(24)5/h11-14,19H,7-10,15H2,1-6H3,(H,26,28)/t19-/m1/s1. The molecule has 3 rings (SSSR count). The van der Waals surface area contributed by atoms with Gasteiger partial charge in [0, 0.05) is 18.8 Å². The minimum absolute atomic E-state index is 0.0319. The van der Waals surface area contributed by atoms with Crippen molar-refractivity contribution in [2.24, 2.45) is 0 Å². The van der Waals surface area contributed by atoms with E-state index >= 15 is 0 Å². The van der Waals surface area contributed by atoms with Crippen LogP contribution < -0.4 is 14.8 Å². The molecule has 1 heterocycles. The molecule has 0 aromatic heterocycles. The van der Waals surface area contributed by atoms with E-state index < -0.39 is 0 Å². The van der Waals surface area contributed by atoms with Gasteiger partial charge in [0.1, 0.15) is 0 Å². The summed E-state index contributed by atoms with van der Waals surface area (Å²) >= 11 is 0. The monoisotopic (exact) mass is 410 g/mol. The molecular formula is C25H34N2O3. The lowest BCUT2D eigenvalue weighted by atomic mass is 9.97. The van der Waals surface area contributed by atoms with E-state index in [1.165, 1.54) is 16.7 Å². The number of hydrogen-bond donors (Lipinski definition) is 1. The number of amides is 1. The lowest BCUT2D eigenvalue weighted by Gasteiger charge is -2.33. The number of anilines is 1. The van der Waals surface area contributed by atoms with Crippen LogP contribution in [0.25, 0.3) is 0 Å². The van der Waals surface area contributed by atoms with Crippen LogP contribution in [0.2, 0.25) is 0 Å². The van der Waals surface area contributed by atoms with Crippen molar-refractivity contribution in [2.45, 2.75) is 60.5 Å². The van der Waals surface area contributed by atoms with Gasteiger partial charge in [0.2, 0.25) is 5.91 Å². The van der Waals surface area contributed by atoms with Crippen LogP contribution in [0.1, 0.15) is 48.6 Å². The first-order valence-corrected chi connectivity index (χ1v) is 10.9. The molecule has 1 amide bonds. The molecule has 1 aliphatic rings. The predicted molar refractivity (Wildman–Crippen MR) is 122 cm³/mol. The number of rotatable bonds is 7. The molecule has 1 N–H and O–H groups in total. The van der Waals surface area contributed by atoms with Crippen LogP contribution in [-0.4, -0.2) is 36.6 Å². The van der Waals surface area contributed by atoms with Crippen LogP contribution in [-0.2, 0) is 17.8 Å². The molecule has 5 heteroatoms. The van der Waals surface area contributed by atoms with Gasteiger partial charge in [-0.25, -0.2) is 0 Å². The van der Waals surface area contributed by atoms with Crippen molar-refractivity contribution >= 4 is 11.6 Å². The molecule has 0 unspecified atom stereocenters. The zero-order valence-electron chi connectivity index (χ0n) is 19.1. The number of ether oxygens (including phenoxy) is 2. The number of carbonyl (C=O) groups excluding carboxylic acids is 1. The summed E-state index contributed by atoms with van der Waals surface area (Å²) in [6, 6.07) is 8.17. The second-order valence-electron chi connectivity index (χ2n) is 8.09. The number of aryl methyl sites for hydroxylation is 3. The lowest BCUT2D eigenvalue weighted by Crippen LogP contribution is -2.44. The van der Waals surface area contributed by atoms with Crippen molar-refractivity contribution in [2.75, 3.05) is 25.1 Å². The first-order chi connectivity index (χ1) is 14.3. The van der Waals surface area contributed by atoms with Gasteiger partial charge in [-0.15, -0.1) is 0 Å². The molecule has 0 saturated carbocycles. The van der Waals surface area contributed by atoms with Crippen LogP contribution in [0.4, 0.5) is 5.69 Å². The Hall–Kier alpha value is -2.53. The number of nitrogens with zero attached hydrogens (tertiary/aromatic N) is 1. The van der Waals surface area contributed by atoms with Crippen molar-refractivity contribution in [3.8, 4) is 11.5 Å². The highest BCUT2D eigenvalue weighted by atomic mass is 16.5. The number of benzene rings is 2. The summed E-state index contributed by atoms with van der Waals surface area (Å²) in [5.41, 5.74) is 6.81. The normalized spacial score (nSPS) is 14.7. The average molecular weight is 411 g/mol. The van der Waals surface area contributed by atoms with Crippen molar-refractivity contribution in [1.82, 2.24) is 4.90 Å². The first-order valence-electron chi connectivity index (χ1n) is 10.9. The van der Waals surface area contributed by atoms with Gasteiger partial charge in [0.05, 0.1) is 19.3 Å². The summed E-state index contributed by atoms with van der Waals surface area (Å²) in [6.45, 7) is 14.9. The van der Waals surface area contributed by atoms with Crippen LogP contribution in [0, 0.1) is 20.8 Å². The quantitative estimate of drug-likeness (QED) is 0.713. The van der Waals surface area contributed by atoms with Crippen molar-refractivity contribution in [3.63, 3.8) is 0 Å². The van der Waals surface area contributed by atoms with E-state index in [1.807, 2.05) is 34.6 Å². The zero-order valence-corrected chi connectivity index (χ0v) is 19.1. The number of fused-ring (bicyclic) bond motifs is 1. The van der Waals surface area contributed by atoms with E-state index in [2.05, 4.69) is 41.4 Å². The van der Waals surface area contributed by atoms with E-state index in [1.54, 1.807) is 0 Å². The molecule has 1 aliphatic heterocycles. The molecule has 0 aliphatic carbocycles. The van der Waals surface area contributed by atoms with Gasteiger partial charge in [-0.05, 0) is 82.3 Å². The number of nitrogens with one attached hydrogen (secondary N) is 1. The summed E-state index contributed by atoms with van der Waals surface area (Å²) in [7, 11) is 0. The highest BCUT2D eigenvalue weighted by molar-refractivity contribution is 5.96. The Kier molecular flexibility index (Phi) is 7.03. The van der Waals surface area contributed by atoms with Crippen molar-refractivity contribution in [3.05, 3.63) is 52.1 Å². The molecule has 0 saturated heterocycles. The third-order valence-corrected chi connectivity index (χ3v) is 5.76. The largest absolute Gasteiger partial charge is 0.490 e. The summed E-state index contributed by atoms with van der Waals surface area (Å²) in [5.74, 6) is 1.62. The van der Waals surface area contributed by atoms with Gasteiger partial charge in [-0.2, -0.15) is 0 Å². The van der Waals surface area contributed by atoms with Crippen LogP contribution in [0.3, 0.4) is 0 Å². The maximum atomic E-state index is 13.0. The Morgan fingerprint density at radius 3 is 2.13 bits per heavy atom. The molecular weight excluding hydrogens is 376 g/mol. The Labute approximate surface area is 180 Å². The van der Waals surface area contributed by atoms with Gasteiger partial charge < -0.3 is 14.8 Å². The average Bonchev–Trinajstić information content (AvgIpc) is 2.70. The molecule has 162 valence electrons. The van der Waals surface area contributed by atoms with Gasteiger partial charge in [-0.1, -0.05) is 17.7 Å². The number of hydrogen-bond acceptors (Lipinski definition) is 4. The van der Waals surface area contributed by atoms with Gasteiger partial charge in [0.15, 0.2) is 11.5 Å². The predicted octanol–water partition coefficient (Wildman–Crippen LogP) is 4.79. The van der Waals surface area contributed by atoms with Crippen molar-refractivity contribution in [1.29, 1.82) is 0 Å². The maximum absolute atomic E-state index is 13.0. The zero-order chi connectivity index (χ0) is 21.8. The minimum atomic E-state index is -0.222. The summed E-state index contributed by atoms with van der Waals surface area (Å²) in [4.78, 5) is 15.3. The summed E-state index contributed by atoms with van der Waals surface area (Å²) in [5, 5.41) is 3.16. The maximum Gasteiger partial charge on any atom is 0.241 e. The Bertz CT molecular complexity index is 900. The van der Waals surface area contributed by atoms with E-state index in [0.29, 0.717) is 13.2 Å². The topological polar surface area (TPSA) is 50.8 Å². The molecule has 0 bridgehead atoms. The lowest BCUT2D eigenvalue weighted by molar-refractivity contribution is -0.121. The van der Waals surface area contributed by atoms with Crippen LogP contribution >= 0.6 is 0 Å². The van der Waals surface area contributed by atoms with Gasteiger partial charge in [-0.3, -0.25) is 9.69 Å². The molecule has 0 fully saturated rings. The van der Waals surface area contributed by atoms with Gasteiger partial charge >= 0.3 is 0 Å². The molecule has 30 heavy (non-hydrogen) atoms. The number of carbonyl (C=O) groups is 1. The second kappa shape index (κ2) is 9.52. The Morgan fingerprint density at radius 1 is 1.00 bits per heavy atom. The Balaban J connectivity index is 1.75. The first kappa shape index (κ1) is 22.2. The van der Waals surface area contributed by atoms with E-state index in [4.69, 9.17) is 9.47 Å². The van der Waals surface area contributed by atoms with E-state index in [9.17, 15) is 4.79 Å². The third-order valence-electron chi connectivity index (χ3n) is 5.76. The third kappa shape index (κ3) is 4.78. The molecule has 2 aromatic rings. The highest BCUT2D eigenvalue weighted by Gasteiger charge is 2.27. The summed E-state index contributed by atoms with van der Waals surface area (Å²) < 4.78 is 11.6. The minimum Gasteiger partial charge on any atom is -0.490 e. The van der Waals surface area contributed by atoms with Crippen LogP contribution in [0.15, 0.2) is 24.3 Å². The second-order valence-corrected chi connectivity index (χ2v) is 8.09. The molecule has 0 radical (unpaired) electrons. The highest BCUT2D eigenvalue weighted by Crippen LogP contribution is 2.34. The van der Waals surface area contributed by atoms with Crippen LogP contribution in [0.5, 0.6) is 11.5 Å². The van der Waals surface area contributed by atoms with Gasteiger partial charge in [0.25, 0.3) is 0 Å². The molecule has 0 spiro atoms. The SMILES string of the molecule is CCOc1cc2c(cc1OCC)CN([C@H](C)C(=O)Nc1c(C)cc(C)cc1C)CC2. The molecule has 1 atom stereocenters. The van der Waals surface area contributed by atoms with E-state index in [0.717, 1.165) is 47.8 Å². The fourth-order valence-electron chi connectivity index (χ4n) is 4.22. The molecule has 5 nitrogen and oxygen atoms in total. The molecule has 2 aromatic carbocycles.